The molecule has 0 aliphatic heterocycles. The normalized spacial score (nSPS) is 11.0. The summed E-state index contributed by atoms with van der Waals surface area (Å²) in [5.74, 6) is -0.00610. The van der Waals surface area contributed by atoms with Gasteiger partial charge in [-0.15, -0.1) is 0 Å². The number of carbonyl (C=O) groups is 1. The third-order valence-electron chi connectivity index (χ3n) is 3.46. The summed E-state index contributed by atoms with van der Waals surface area (Å²) < 4.78 is 36.7. The molecule has 2 rings (SSSR count). The maximum atomic E-state index is 12.8. The van der Waals surface area contributed by atoms with Gasteiger partial charge in [-0.2, -0.15) is 0 Å². The molecule has 0 unspecified atom stereocenters. The van der Waals surface area contributed by atoms with Gasteiger partial charge in [-0.1, -0.05) is 12.1 Å². The van der Waals surface area contributed by atoms with Crippen molar-refractivity contribution in [3.05, 3.63) is 54.1 Å². The minimum absolute atomic E-state index is 0.101. The first kappa shape index (κ1) is 17.8. The number of rotatable bonds is 6. The molecule has 0 radical (unpaired) electrons. The fourth-order valence-corrected chi connectivity index (χ4v) is 3.38. The van der Waals surface area contributed by atoms with Crippen LogP contribution in [0.1, 0.15) is 17.3 Å². The molecule has 0 saturated carbocycles. The van der Waals surface area contributed by atoms with Crippen molar-refractivity contribution in [3.8, 4) is 5.75 Å². The molecular weight excluding hydrogens is 330 g/mol. The first-order chi connectivity index (χ1) is 11.4. The topological polar surface area (TPSA) is 72.9 Å². The van der Waals surface area contributed by atoms with Crippen LogP contribution in [-0.2, 0) is 14.8 Å². The molecule has 2 aromatic rings. The van der Waals surface area contributed by atoms with Crippen LogP contribution in [0.25, 0.3) is 0 Å². The van der Waals surface area contributed by atoms with Gasteiger partial charge in [0.1, 0.15) is 5.75 Å². The van der Waals surface area contributed by atoms with Crippen molar-refractivity contribution < 1.29 is 22.7 Å². The molecule has 7 heteroatoms. The van der Waals surface area contributed by atoms with E-state index in [9.17, 15) is 13.2 Å². The van der Waals surface area contributed by atoms with E-state index < -0.39 is 16.0 Å². The number of hydrogen-bond donors (Lipinski definition) is 0. The Hall–Kier alpha value is -2.54. The average Bonchev–Trinajstić information content (AvgIpc) is 2.61. The Bertz CT molecular complexity index is 815. The molecule has 0 saturated heterocycles. The number of hydrogen-bond acceptors (Lipinski definition) is 5. The summed E-state index contributed by atoms with van der Waals surface area (Å²) in [6.45, 7) is 1.90. The van der Waals surface area contributed by atoms with Crippen molar-refractivity contribution >= 4 is 21.7 Å². The molecule has 6 nitrogen and oxygen atoms in total. The molecule has 0 bridgehead atoms. The highest BCUT2D eigenvalue weighted by Gasteiger charge is 2.25. The van der Waals surface area contributed by atoms with E-state index in [1.807, 2.05) is 0 Å². The van der Waals surface area contributed by atoms with Gasteiger partial charge in [0, 0.05) is 7.05 Å². The lowest BCUT2D eigenvalue weighted by Gasteiger charge is -2.21. The van der Waals surface area contributed by atoms with Gasteiger partial charge in [0.15, 0.2) is 0 Å². The molecular formula is C17H19NO5S. The van der Waals surface area contributed by atoms with E-state index in [2.05, 4.69) is 0 Å². The fourth-order valence-electron chi connectivity index (χ4n) is 2.16. The van der Waals surface area contributed by atoms with Gasteiger partial charge in [-0.25, -0.2) is 13.2 Å². The van der Waals surface area contributed by atoms with Crippen molar-refractivity contribution in [2.45, 2.75) is 11.8 Å². The van der Waals surface area contributed by atoms with Gasteiger partial charge in [0.05, 0.1) is 29.9 Å². The molecule has 0 fully saturated rings. The van der Waals surface area contributed by atoms with E-state index in [1.54, 1.807) is 37.3 Å². The van der Waals surface area contributed by atoms with Crippen LogP contribution in [-0.4, -0.2) is 35.2 Å². The first-order valence-corrected chi connectivity index (χ1v) is 8.75. The average molecular weight is 349 g/mol. The molecule has 128 valence electrons. The monoisotopic (exact) mass is 349 g/mol. The van der Waals surface area contributed by atoms with Crippen molar-refractivity contribution in [2.24, 2.45) is 0 Å². The molecule has 24 heavy (non-hydrogen) atoms. The third-order valence-corrected chi connectivity index (χ3v) is 5.24. The maximum absolute atomic E-state index is 12.8. The SMILES string of the molecule is CCOC(=O)c1ccccc1N(C)S(=O)(=O)c1ccc(OC)cc1. The minimum atomic E-state index is -3.82. The van der Waals surface area contributed by atoms with Gasteiger partial charge >= 0.3 is 5.97 Å². The van der Waals surface area contributed by atoms with Crippen LogP contribution < -0.4 is 9.04 Å². The van der Waals surface area contributed by atoms with Crippen LogP contribution in [0.15, 0.2) is 53.4 Å². The van der Waals surface area contributed by atoms with E-state index >= 15 is 0 Å². The molecule has 0 heterocycles. The lowest BCUT2D eigenvalue weighted by Crippen LogP contribution is -2.28. The number of nitrogens with zero attached hydrogens (tertiary/aromatic N) is 1. The first-order valence-electron chi connectivity index (χ1n) is 7.31. The van der Waals surface area contributed by atoms with Crippen LogP contribution >= 0.6 is 0 Å². The number of methoxy groups -OCH3 is 1. The molecule has 0 aromatic heterocycles. The zero-order valence-corrected chi connectivity index (χ0v) is 14.5. The maximum Gasteiger partial charge on any atom is 0.340 e. The minimum Gasteiger partial charge on any atom is -0.497 e. The van der Waals surface area contributed by atoms with E-state index in [4.69, 9.17) is 9.47 Å². The zero-order chi connectivity index (χ0) is 17.7. The van der Waals surface area contributed by atoms with Crippen molar-refractivity contribution in [1.82, 2.24) is 0 Å². The zero-order valence-electron chi connectivity index (χ0n) is 13.7. The Morgan fingerprint density at radius 2 is 1.71 bits per heavy atom. The van der Waals surface area contributed by atoms with Crippen LogP contribution in [0.4, 0.5) is 5.69 Å². The van der Waals surface area contributed by atoms with Crippen LogP contribution in [0, 0.1) is 0 Å². The van der Waals surface area contributed by atoms with Crippen molar-refractivity contribution in [1.29, 1.82) is 0 Å². The summed E-state index contributed by atoms with van der Waals surface area (Å²) >= 11 is 0. The second-order valence-corrected chi connectivity index (χ2v) is 6.85. The number of ether oxygens (including phenoxy) is 2. The molecule has 2 aromatic carbocycles. The highest BCUT2D eigenvalue weighted by atomic mass is 32.2. The quantitative estimate of drug-likeness (QED) is 0.750. The van der Waals surface area contributed by atoms with Crippen LogP contribution in [0.5, 0.6) is 5.75 Å². The van der Waals surface area contributed by atoms with Gasteiger partial charge in [0.2, 0.25) is 0 Å². The molecule has 0 N–H and O–H groups in total. The molecule has 0 atom stereocenters. The van der Waals surface area contributed by atoms with Gasteiger partial charge in [0.25, 0.3) is 10.0 Å². The van der Waals surface area contributed by atoms with E-state index in [1.165, 1.54) is 32.4 Å². The summed E-state index contributed by atoms with van der Waals surface area (Å²) in [6.07, 6.45) is 0. The number of esters is 1. The Kier molecular flexibility index (Phi) is 5.46. The Labute approximate surface area is 141 Å². The predicted molar refractivity (Wildman–Crippen MR) is 91.0 cm³/mol. The van der Waals surface area contributed by atoms with Crippen molar-refractivity contribution in [2.75, 3.05) is 25.1 Å². The molecule has 0 aliphatic rings. The van der Waals surface area contributed by atoms with Gasteiger partial charge in [-0.3, -0.25) is 4.31 Å². The number of anilines is 1. The molecule has 0 amide bonds. The number of para-hydroxylation sites is 1. The molecule has 0 spiro atoms. The summed E-state index contributed by atoms with van der Waals surface area (Å²) in [5, 5.41) is 0. The Balaban J connectivity index is 2.43. The van der Waals surface area contributed by atoms with Crippen LogP contribution in [0.2, 0.25) is 0 Å². The summed E-state index contributed by atoms with van der Waals surface area (Å²) in [6, 6.07) is 12.5. The van der Waals surface area contributed by atoms with Gasteiger partial charge in [-0.05, 0) is 43.3 Å². The van der Waals surface area contributed by atoms with Crippen molar-refractivity contribution in [3.63, 3.8) is 0 Å². The van der Waals surface area contributed by atoms with E-state index in [0.29, 0.717) is 5.75 Å². The molecule has 0 aliphatic carbocycles. The number of carbonyl (C=O) groups excluding carboxylic acids is 1. The highest BCUT2D eigenvalue weighted by molar-refractivity contribution is 7.92. The largest absolute Gasteiger partial charge is 0.497 e. The summed E-state index contributed by atoms with van der Waals surface area (Å²) in [4.78, 5) is 12.2. The second-order valence-electron chi connectivity index (χ2n) is 4.89. The second kappa shape index (κ2) is 7.35. The Morgan fingerprint density at radius 1 is 1.08 bits per heavy atom. The summed E-state index contributed by atoms with van der Waals surface area (Å²) in [5.41, 5.74) is 0.450. The highest BCUT2D eigenvalue weighted by Crippen LogP contribution is 2.27. The fraction of sp³-hybridized carbons (Fsp3) is 0.235. The van der Waals surface area contributed by atoms with Gasteiger partial charge < -0.3 is 9.47 Å². The number of benzene rings is 2. The van der Waals surface area contributed by atoms with E-state index in [0.717, 1.165) is 4.31 Å². The lowest BCUT2D eigenvalue weighted by atomic mass is 10.2. The smallest absolute Gasteiger partial charge is 0.340 e. The third kappa shape index (κ3) is 3.51. The standard InChI is InChI=1S/C17H19NO5S/c1-4-23-17(19)15-7-5-6-8-16(15)18(2)24(20,21)14-11-9-13(22-3)10-12-14/h5-12H,4H2,1-3H3. The van der Waals surface area contributed by atoms with Crippen LogP contribution in [0.3, 0.4) is 0 Å². The number of sulfonamides is 1. The lowest BCUT2D eigenvalue weighted by molar-refractivity contribution is 0.0527. The Morgan fingerprint density at radius 3 is 2.29 bits per heavy atom. The predicted octanol–water partition coefficient (Wildman–Crippen LogP) is 2.70. The van der Waals surface area contributed by atoms with E-state index in [-0.39, 0.29) is 22.8 Å². The summed E-state index contributed by atoms with van der Waals surface area (Å²) in [7, 11) is -0.912.